The quantitative estimate of drug-likeness (QED) is 0.625. The molecule has 88 valence electrons. The first-order valence-corrected chi connectivity index (χ1v) is 5.46. The second-order valence-corrected chi connectivity index (χ2v) is 3.70. The third-order valence-corrected chi connectivity index (χ3v) is 2.27. The zero-order chi connectivity index (χ0) is 12.8. The lowest BCUT2D eigenvalue weighted by Crippen LogP contribution is -1.98. The van der Waals surface area contributed by atoms with Gasteiger partial charge in [0.1, 0.15) is 0 Å². The van der Waals surface area contributed by atoms with Gasteiger partial charge in [-0.05, 0) is 35.6 Å². The van der Waals surface area contributed by atoms with E-state index in [4.69, 9.17) is 16.9 Å². The number of hydrogen-bond acceptors (Lipinski definition) is 4. The van der Waals surface area contributed by atoms with Crippen molar-refractivity contribution in [3.63, 3.8) is 0 Å². The SMILES string of the molecule is N#C/C=C\C=C/c1nnn(-c2ccc(Cl)cc2)n1. The van der Waals surface area contributed by atoms with Crippen LogP contribution in [0.2, 0.25) is 5.02 Å². The van der Waals surface area contributed by atoms with Gasteiger partial charge in [-0.15, -0.1) is 15.0 Å². The molecule has 1 heterocycles. The Kier molecular flexibility index (Phi) is 3.84. The van der Waals surface area contributed by atoms with Gasteiger partial charge in [-0.3, -0.25) is 0 Å². The number of rotatable bonds is 3. The highest BCUT2D eigenvalue weighted by Gasteiger charge is 2.01. The maximum Gasteiger partial charge on any atom is 0.198 e. The van der Waals surface area contributed by atoms with Crippen LogP contribution >= 0.6 is 11.6 Å². The van der Waals surface area contributed by atoms with Gasteiger partial charge in [-0.2, -0.15) is 5.26 Å². The highest BCUT2D eigenvalue weighted by atomic mass is 35.5. The highest BCUT2D eigenvalue weighted by molar-refractivity contribution is 6.30. The molecule has 2 aromatic rings. The van der Waals surface area contributed by atoms with Gasteiger partial charge in [-0.1, -0.05) is 23.8 Å². The summed E-state index contributed by atoms with van der Waals surface area (Å²) < 4.78 is 0. The summed E-state index contributed by atoms with van der Waals surface area (Å²) in [5, 5.41) is 20.9. The lowest BCUT2D eigenvalue weighted by molar-refractivity contribution is 0.719. The van der Waals surface area contributed by atoms with Crippen molar-refractivity contribution in [2.75, 3.05) is 0 Å². The van der Waals surface area contributed by atoms with Crippen molar-refractivity contribution in [3.05, 3.63) is 53.3 Å². The van der Waals surface area contributed by atoms with Crippen molar-refractivity contribution in [1.82, 2.24) is 20.2 Å². The van der Waals surface area contributed by atoms with Crippen LogP contribution in [0.15, 0.2) is 42.5 Å². The zero-order valence-corrected chi connectivity index (χ0v) is 9.99. The van der Waals surface area contributed by atoms with Crippen LogP contribution in [0.4, 0.5) is 0 Å². The van der Waals surface area contributed by atoms with E-state index in [1.165, 1.54) is 10.9 Å². The van der Waals surface area contributed by atoms with Crippen LogP contribution in [-0.4, -0.2) is 20.2 Å². The molecular formula is C12H8ClN5. The van der Waals surface area contributed by atoms with E-state index in [1.54, 1.807) is 42.5 Å². The van der Waals surface area contributed by atoms with E-state index in [0.717, 1.165) is 5.69 Å². The van der Waals surface area contributed by atoms with Crippen LogP contribution in [0, 0.1) is 11.3 Å². The van der Waals surface area contributed by atoms with Crippen LogP contribution in [0.3, 0.4) is 0 Å². The molecule has 0 spiro atoms. The van der Waals surface area contributed by atoms with Crippen LogP contribution in [-0.2, 0) is 0 Å². The first-order valence-electron chi connectivity index (χ1n) is 5.08. The number of aromatic nitrogens is 4. The predicted octanol–water partition coefficient (Wildman–Crippen LogP) is 2.41. The molecule has 1 aromatic carbocycles. The van der Waals surface area contributed by atoms with Gasteiger partial charge >= 0.3 is 0 Å². The van der Waals surface area contributed by atoms with E-state index in [2.05, 4.69) is 15.4 Å². The minimum atomic E-state index is 0.465. The van der Waals surface area contributed by atoms with Crippen LogP contribution in [0.25, 0.3) is 11.8 Å². The Labute approximate surface area is 109 Å². The molecule has 0 aliphatic carbocycles. The Bertz CT molecular complexity index is 619. The van der Waals surface area contributed by atoms with E-state index in [1.807, 2.05) is 6.07 Å². The summed E-state index contributed by atoms with van der Waals surface area (Å²) in [6.45, 7) is 0. The van der Waals surface area contributed by atoms with Crippen LogP contribution in [0.5, 0.6) is 0 Å². The lowest BCUT2D eigenvalue weighted by atomic mass is 10.3. The summed E-state index contributed by atoms with van der Waals surface area (Å²) in [5.74, 6) is 0.465. The molecule has 0 aliphatic heterocycles. The Morgan fingerprint density at radius 3 is 2.72 bits per heavy atom. The average molecular weight is 258 g/mol. The zero-order valence-electron chi connectivity index (χ0n) is 9.23. The van der Waals surface area contributed by atoms with Gasteiger partial charge in [-0.25, -0.2) is 0 Å². The van der Waals surface area contributed by atoms with E-state index in [9.17, 15) is 0 Å². The highest BCUT2D eigenvalue weighted by Crippen LogP contribution is 2.11. The normalized spacial score (nSPS) is 11.1. The molecule has 0 aliphatic rings. The molecule has 0 atom stereocenters. The topological polar surface area (TPSA) is 67.4 Å². The fourth-order valence-corrected chi connectivity index (χ4v) is 1.34. The molecule has 0 N–H and O–H groups in total. The maximum absolute atomic E-state index is 8.31. The van der Waals surface area contributed by atoms with Gasteiger partial charge in [0.05, 0.1) is 11.8 Å². The number of nitriles is 1. The number of benzene rings is 1. The standard InChI is InChI=1S/C12H8ClN5/c13-10-5-7-11(8-6-10)18-16-12(15-17-18)4-2-1-3-9-14/h1-8H/b3-1-,4-2-. The second-order valence-electron chi connectivity index (χ2n) is 3.26. The van der Waals surface area contributed by atoms with Crippen LogP contribution in [0.1, 0.15) is 5.82 Å². The summed E-state index contributed by atoms with van der Waals surface area (Å²) >= 11 is 5.79. The van der Waals surface area contributed by atoms with Gasteiger partial charge in [0, 0.05) is 11.1 Å². The summed E-state index contributed by atoms with van der Waals surface area (Å²) in [5.41, 5.74) is 0.777. The third-order valence-electron chi connectivity index (χ3n) is 2.01. The Hall–Kier alpha value is -2.45. The first-order chi connectivity index (χ1) is 8.79. The average Bonchev–Trinajstić information content (AvgIpc) is 2.84. The Morgan fingerprint density at radius 1 is 1.22 bits per heavy atom. The van der Waals surface area contributed by atoms with E-state index in [0.29, 0.717) is 10.8 Å². The second kappa shape index (κ2) is 5.75. The third kappa shape index (κ3) is 3.03. The molecule has 18 heavy (non-hydrogen) atoms. The number of allylic oxidation sites excluding steroid dienone is 3. The lowest BCUT2D eigenvalue weighted by Gasteiger charge is -1.96. The van der Waals surface area contributed by atoms with Crippen LogP contribution < -0.4 is 0 Å². The number of halogens is 1. The minimum absolute atomic E-state index is 0.465. The van der Waals surface area contributed by atoms with Crippen molar-refractivity contribution >= 4 is 17.7 Å². The molecule has 0 saturated carbocycles. The summed E-state index contributed by atoms with van der Waals surface area (Å²) in [4.78, 5) is 1.41. The van der Waals surface area contributed by atoms with E-state index in [-0.39, 0.29) is 0 Å². The smallest absolute Gasteiger partial charge is 0.193 e. The monoisotopic (exact) mass is 257 g/mol. The molecule has 0 unspecified atom stereocenters. The molecular weight excluding hydrogens is 250 g/mol. The minimum Gasteiger partial charge on any atom is -0.193 e. The molecule has 5 nitrogen and oxygen atoms in total. The summed E-state index contributed by atoms with van der Waals surface area (Å²) in [6.07, 6.45) is 6.29. The molecule has 0 bridgehead atoms. The van der Waals surface area contributed by atoms with Crippen molar-refractivity contribution in [1.29, 1.82) is 5.26 Å². The van der Waals surface area contributed by atoms with Crippen molar-refractivity contribution < 1.29 is 0 Å². The van der Waals surface area contributed by atoms with E-state index >= 15 is 0 Å². The predicted molar refractivity (Wildman–Crippen MR) is 68.0 cm³/mol. The molecule has 6 heteroatoms. The fraction of sp³-hybridized carbons (Fsp3) is 0. The molecule has 0 amide bonds. The molecule has 1 aromatic heterocycles. The van der Waals surface area contributed by atoms with Gasteiger partial charge < -0.3 is 0 Å². The largest absolute Gasteiger partial charge is 0.198 e. The molecule has 0 saturated heterocycles. The molecule has 2 rings (SSSR count). The van der Waals surface area contributed by atoms with Gasteiger partial charge in [0.2, 0.25) is 0 Å². The molecule has 0 radical (unpaired) electrons. The first kappa shape index (κ1) is 12.0. The number of tetrazole rings is 1. The van der Waals surface area contributed by atoms with Gasteiger partial charge in [0.15, 0.2) is 5.82 Å². The fourth-order valence-electron chi connectivity index (χ4n) is 1.22. The Balaban J connectivity index is 2.16. The van der Waals surface area contributed by atoms with Crippen molar-refractivity contribution in [2.24, 2.45) is 0 Å². The van der Waals surface area contributed by atoms with E-state index < -0.39 is 0 Å². The number of nitrogens with zero attached hydrogens (tertiary/aromatic N) is 5. The van der Waals surface area contributed by atoms with Crippen molar-refractivity contribution in [3.8, 4) is 11.8 Å². The summed E-state index contributed by atoms with van der Waals surface area (Å²) in [6, 6.07) is 8.99. The maximum atomic E-state index is 8.31. The van der Waals surface area contributed by atoms with Crippen molar-refractivity contribution in [2.45, 2.75) is 0 Å². The Morgan fingerprint density at radius 2 is 2.00 bits per heavy atom. The van der Waals surface area contributed by atoms with Gasteiger partial charge in [0.25, 0.3) is 0 Å². The summed E-state index contributed by atoms with van der Waals surface area (Å²) in [7, 11) is 0. The number of hydrogen-bond donors (Lipinski definition) is 0. The molecule has 0 fully saturated rings.